The van der Waals surface area contributed by atoms with E-state index in [1.165, 1.54) is 7.11 Å². The Kier molecular flexibility index (Phi) is 6.78. The lowest BCUT2D eigenvalue weighted by Gasteiger charge is -2.16. The maximum atomic E-state index is 12.4. The fraction of sp³-hybridized carbons (Fsp3) is 0.316. The molecule has 2 aromatic carbocycles. The van der Waals surface area contributed by atoms with E-state index < -0.39 is 6.23 Å². The first-order valence-corrected chi connectivity index (χ1v) is 7.76. The highest BCUT2D eigenvalue weighted by Crippen LogP contribution is 2.27. The lowest BCUT2D eigenvalue weighted by Crippen LogP contribution is -2.39. The number of ether oxygens (including phenoxy) is 3. The summed E-state index contributed by atoms with van der Waals surface area (Å²) in [5, 5.41) is 3.14. The largest absolute Gasteiger partial charge is 0.493 e. The van der Waals surface area contributed by atoms with Crippen LogP contribution in [0.1, 0.15) is 15.9 Å². The van der Waals surface area contributed by atoms with Crippen molar-refractivity contribution in [2.45, 2.75) is 12.6 Å². The number of ketones is 1. The standard InChI is InChI=1S/C19H23NO4/c1-22-16-10-9-14(13-17(16)23-2)11-12-20-19(24-3)18(21)15-7-5-4-6-8-15/h4-10,13,19-20H,11-12H2,1-3H3. The van der Waals surface area contributed by atoms with E-state index in [9.17, 15) is 4.79 Å². The summed E-state index contributed by atoms with van der Waals surface area (Å²) in [5.74, 6) is 1.31. The molecule has 24 heavy (non-hydrogen) atoms. The molecule has 2 rings (SSSR count). The molecule has 0 saturated heterocycles. The zero-order valence-corrected chi connectivity index (χ0v) is 14.2. The fourth-order valence-electron chi connectivity index (χ4n) is 2.42. The van der Waals surface area contributed by atoms with Gasteiger partial charge in [0.1, 0.15) is 0 Å². The van der Waals surface area contributed by atoms with Crippen LogP contribution in [0.15, 0.2) is 48.5 Å². The molecule has 0 heterocycles. The van der Waals surface area contributed by atoms with Gasteiger partial charge in [-0.25, -0.2) is 0 Å². The Labute approximate surface area is 142 Å². The Balaban J connectivity index is 1.93. The van der Waals surface area contributed by atoms with E-state index in [0.29, 0.717) is 23.6 Å². The second kappa shape index (κ2) is 9.05. The molecule has 0 aliphatic carbocycles. The van der Waals surface area contributed by atoms with Crippen LogP contribution in [0, 0.1) is 0 Å². The lowest BCUT2D eigenvalue weighted by molar-refractivity contribution is 0.0498. The molecule has 0 spiro atoms. The van der Waals surface area contributed by atoms with Gasteiger partial charge in [0.2, 0.25) is 5.78 Å². The van der Waals surface area contributed by atoms with Crippen LogP contribution in [0.4, 0.5) is 0 Å². The normalized spacial score (nSPS) is 11.8. The first-order chi connectivity index (χ1) is 11.7. The summed E-state index contributed by atoms with van der Waals surface area (Å²) in [6, 6.07) is 14.9. The Hall–Kier alpha value is -2.37. The van der Waals surface area contributed by atoms with Crippen LogP contribution in [-0.2, 0) is 11.2 Å². The van der Waals surface area contributed by atoms with Gasteiger partial charge >= 0.3 is 0 Å². The molecule has 2 aromatic rings. The van der Waals surface area contributed by atoms with Crippen LogP contribution in [0.3, 0.4) is 0 Å². The van der Waals surface area contributed by atoms with E-state index >= 15 is 0 Å². The Morgan fingerprint density at radius 2 is 1.71 bits per heavy atom. The number of Topliss-reactive ketones (excluding diaryl/α,β-unsaturated/α-hetero) is 1. The van der Waals surface area contributed by atoms with E-state index in [0.717, 1.165) is 12.0 Å². The summed E-state index contributed by atoms with van der Waals surface area (Å²) in [6.07, 6.45) is 0.0787. The highest BCUT2D eigenvalue weighted by molar-refractivity contribution is 5.99. The van der Waals surface area contributed by atoms with Gasteiger partial charge in [-0.15, -0.1) is 0 Å². The van der Waals surface area contributed by atoms with Crippen molar-refractivity contribution >= 4 is 5.78 Å². The first kappa shape index (κ1) is 18.0. The van der Waals surface area contributed by atoms with E-state index in [2.05, 4.69) is 5.32 Å². The summed E-state index contributed by atoms with van der Waals surface area (Å²) in [4.78, 5) is 12.4. The third kappa shape index (κ3) is 4.57. The molecule has 5 nitrogen and oxygen atoms in total. The van der Waals surface area contributed by atoms with Gasteiger partial charge in [-0.3, -0.25) is 10.1 Å². The minimum Gasteiger partial charge on any atom is -0.493 e. The van der Waals surface area contributed by atoms with Crippen molar-refractivity contribution in [1.29, 1.82) is 0 Å². The number of nitrogens with one attached hydrogen (secondary N) is 1. The Bertz CT molecular complexity index is 658. The molecule has 0 fully saturated rings. The minimum atomic E-state index is -0.660. The highest BCUT2D eigenvalue weighted by Gasteiger charge is 2.18. The molecular weight excluding hydrogens is 306 g/mol. The van der Waals surface area contributed by atoms with Gasteiger partial charge in [0, 0.05) is 19.2 Å². The maximum absolute atomic E-state index is 12.4. The van der Waals surface area contributed by atoms with Crippen LogP contribution in [0.25, 0.3) is 0 Å². The van der Waals surface area contributed by atoms with Gasteiger partial charge in [0.05, 0.1) is 14.2 Å². The molecule has 0 aliphatic rings. The van der Waals surface area contributed by atoms with E-state index in [-0.39, 0.29) is 5.78 Å². The van der Waals surface area contributed by atoms with Gasteiger partial charge in [0.15, 0.2) is 17.7 Å². The second-order valence-electron chi connectivity index (χ2n) is 5.24. The summed E-state index contributed by atoms with van der Waals surface area (Å²) in [6.45, 7) is 0.604. The first-order valence-electron chi connectivity index (χ1n) is 7.76. The van der Waals surface area contributed by atoms with Crippen LogP contribution < -0.4 is 14.8 Å². The predicted molar refractivity (Wildman–Crippen MR) is 92.8 cm³/mol. The zero-order valence-electron chi connectivity index (χ0n) is 14.2. The number of hydrogen-bond acceptors (Lipinski definition) is 5. The van der Waals surface area contributed by atoms with Crippen LogP contribution >= 0.6 is 0 Å². The summed E-state index contributed by atoms with van der Waals surface area (Å²) in [5.41, 5.74) is 1.71. The summed E-state index contributed by atoms with van der Waals surface area (Å²) >= 11 is 0. The number of benzene rings is 2. The minimum absolute atomic E-state index is 0.0783. The molecule has 0 aliphatic heterocycles. The SMILES string of the molecule is COc1ccc(CCNC(OC)C(=O)c2ccccc2)cc1OC. The van der Waals surface area contributed by atoms with E-state index in [1.807, 2.05) is 36.4 Å². The number of carbonyl (C=O) groups is 1. The molecule has 0 aromatic heterocycles. The molecule has 1 N–H and O–H groups in total. The zero-order chi connectivity index (χ0) is 17.4. The molecule has 0 saturated carbocycles. The Morgan fingerprint density at radius 1 is 1.00 bits per heavy atom. The van der Waals surface area contributed by atoms with Gasteiger partial charge < -0.3 is 14.2 Å². The van der Waals surface area contributed by atoms with Crippen molar-refractivity contribution < 1.29 is 19.0 Å². The summed E-state index contributed by atoms with van der Waals surface area (Å²) < 4.78 is 15.8. The average Bonchev–Trinajstić information content (AvgIpc) is 2.65. The van der Waals surface area contributed by atoms with Crippen molar-refractivity contribution in [2.24, 2.45) is 0 Å². The van der Waals surface area contributed by atoms with Gasteiger partial charge in [-0.05, 0) is 24.1 Å². The quantitative estimate of drug-likeness (QED) is 0.566. The van der Waals surface area contributed by atoms with Crippen molar-refractivity contribution in [2.75, 3.05) is 27.9 Å². The fourth-order valence-corrected chi connectivity index (χ4v) is 2.42. The number of hydrogen-bond donors (Lipinski definition) is 1. The molecule has 1 unspecified atom stereocenters. The van der Waals surface area contributed by atoms with E-state index in [4.69, 9.17) is 14.2 Å². The number of methoxy groups -OCH3 is 3. The number of carbonyl (C=O) groups excluding carboxylic acids is 1. The highest BCUT2D eigenvalue weighted by atomic mass is 16.5. The smallest absolute Gasteiger partial charge is 0.206 e. The number of rotatable bonds is 9. The van der Waals surface area contributed by atoms with Gasteiger partial charge in [-0.1, -0.05) is 36.4 Å². The molecule has 0 radical (unpaired) electrons. The van der Waals surface area contributed by atoms with Crippen molar-refractivity contribution in [3.05, 3.63) is 59.7 Å². The van der Waals surface area contributed by atoms with Crippen LogP contribution in [0.5, 0.6) is 11.5 Å². The molecule has 5 heteroatoms. The van der Waals surface area contributed by atoms with Gasteiger partial charge in [0.25, 0.3) is 0 Å². The van der Waals surface area contributed by atoms with Crippen molar-refractivity contribution in [3.63, 3.8) is 0 Å². The molecule has 1 atom stereocenters. The van der Waals surface area contributed by atoms with Crippen LogP contribution in [-0.4, -0.2) is 39.9 Å². The van der Waals surface area contributed by atoms with Crippen molar-refractivity contribution in [1.82, 2.24) is 5.32 Å². The predicted octanol–water partition coefficient (Wildman–Crippen LogP) is 2.69. The third-order valence-electron chi connectivity index (χ3n) is 3.72. The van der Waals surface area contributed by atoms with Crippen molar-refractivity contribution in [3.8, 4) is 11.5 Å². The molecule has 128 valence electrons. The van der Waals surface area contributed by atoms with Gasteiger partial charge in [-0.2, -0.15) is 0 Å². The maximum Gasteiger partial charge on any atom is 0.206 e. The van der Waals surface area contributed by atoms with Crippen LogP contribution in [0.2, 0.25) is 0 Å². The third-order valence-corrected chi connectivity index (χ3v) is 3.72. The Morgan fingerprint density at radius 3 is 2.33 bits per heavy atom. The second-order valence-corrected chi connectivity index (χ2v) is 5.24. The molecule has 0 bridgehead atoms. The average molecular weight is 329 g/mol. The summed E-state index contributed by atoms with van der Waals surface area (Å²) in [7, 11) is 4.74. The molecule has 0 amide bonds. The molecular formula is C19H23NO4. The lowest BCUT2D eigenvalue weighted by atomic mass is 10.1. The monoisotopic (exact) mass is 329 g/mol. The topological polar surface area (TPSA) is 56.8 Å². The van der Waals surface area contributed by atoms with E-state index in [1.54, 1.807) is 26.4 Å².